The van der Waals surface area contributed by atoms with E-state index in [2.05, 4.69) is 26.6 Å². The molecule has 0 aliphatic heterocycles. The van der Waals surface area contributed by atoms with Crippen LogP contribution in [0.4, 0.5) is 10.5 Å². The average molecular weight is 347 g/mol. The van der Waals surface area contributed by atoms with Crippen molar-refractivity contribution in [1.82, 2.24) is 5.32 Å². The number of urea groups is 1. The number of anilines is 1. The number of nitrogens with one attached hydrogen (secondary N) is 2. The van der Waals surface area contributed by atoms with E-state index in [1.54, 1.807) is 24.3 Å². The van der Waals surface area contributed by atoms with Gasteiger partial charge in [-0.1, -0.05) is 15.9 Å². The Labute approximate surface area is 124 Å². The van der Waals surface area contributed by atoms with Crippen molar-refractivity contribution in [2.24, 2.45) is 0 Å². The minimum atomic E-state index is -1.03. The Morgan fingerprint density at radius 3 is 2.53 bits per heavy atom. The summed E-state index contributed by atoms with van der Waals surface area (Å²) in [6.07, 6.45) is 2.28. The Kier molecular flexibility index (Phi) is 6.72. The van der Waals surface area contributed by atoms with Crippen LogP contribution in [0.5, 0.6) is 0 Å². The van der Waals surface area contributed by atoms with Gasteiger partial charge in [0.1, 0.15) is 6.04 Å². The molecule has 0 saturated carbocycles. The summed E-state index contributed by atoms with van der Waals surface area (Å²) in [5.41, 5.74) is 0.606. The van der Waals surface area contributed by atoms with Gasteiger partial charge < -0.3 is 15.7 Å². The monoisotopic (exact) mass is 346 g/mol. The van der Waals surface area contributed by atoms with Crippen LogP contribution in [-0.4, -0.2) is 35.2 Å². The van der Waals surface area contributed by atoms with Crippen LogP contribution in [0.25, 0.3) is 0 Å². The Balaban J connectivity index is 2.52. The molecule has 0 saturated heterocycles. The lowest BCUT2D eigenvalue weighted by molar-refractivity contribution is -0.139. The van der Waals surface area contributed by atoms with Gasteiger partial charge in [-0.3, -0.25) is 0 Å². The molecule has 0 aromatic heterocycles. The number of rotatable bonds is 6. The normalized spacial score (nSPS) is 11.7. The molecule has 1 aromatic carbocycles. The molecule has 104 valence electrons. The van der Waals surface area contributed by atoms with Gasteiger partial charge in [-0.25, -0.2) is 9.59 Å². The summed E-state index contributed by atoms with van der Waals surface area (Å²) in [6.45, 7) is 0. The van der Waals surface area contributed by atoms with Crippen LogP contribution in [0.2, 0.25) is 0 Å². The first-order valence-corrected chi connectivity index (χ1v) is 7.76. The highest BCUT2D eigenvalue weighted by Crippen LogP contribution is 2.14. The van der Waals surface area contributed by atoms with Crippen LogP contribution in [-0.2, 0) is 4.79 Å². The van der Waals surface area contributed by atoms with Crippen molar-refractivity contribution in [1.29, 1.82) is 0 Å². The number of thioether (sulfide) groups is 1. The Hall–Kier alpha value is -1.21. The van der Waals surface area contributed by atoms with E-state index in [4.69, 9.17) is 5.11 Å². The predicted octanol–water partition coefficient (Wildman–Crippen LogP) is 2.78. The molecule has 1 unspecified atom stereocenters. The first-order chi connectivity index (χ1) is 9.02. The fourth-order valence-electron chi connectivity index (χ4n) is 1.35. The van der Waals surface area contributed by atoms with Gasteiger partial charge in [0, 0.05) is 10.2 Å². The van der Waals surface area contributed by atoms with Gasteiger partial charge >= 0.3 is 12.0 Å². The number of halogens is 1. The first-order valence-electron chi connectivity index (χ1n) is 5.57. The Bertz CT molecular complexity index is 439. The summed E-state index contributed by atoms with van der Waals surface area (Å²) >= 11 is 4.83. The fourth-order valence-corrected chi connectivity index (χ4v) is 2.09. The van der Waals surface area contributed by atoms with Crippen LogP contribution >= 0.6 is 27.7 Å². The molecule has 0 heterocycles. The average Bonchev–Trinajstić information content (AvgIpc) is 2.37. The number of aliphatic carboxylic acids is 1. The standard InChI is InChI=1S/C12H15BrN2O3S/c1-19-7-6-10(11(16)17)15-12(18)14-9-4-2-8(13)3-5-9/h2-5,10H,6-7H2,1H3,(H,16,17)(H2,14,15,18). The van der Waals surface area contributed by atoms with Crippen molar-refractivity contribution in [3.05, 3.63) is 28.7 Å². The molecule has 19 heavy (non-hydrogen) atoms. The largest absolute Gasteiger partial charge is 0.480 e. The van der Waals surface area contributed by atoms with Crippen LogP contribution < -0.4 is 10.6 Å². The molecule has 0 radical (unpaired) electrons. The topological polar surface area (TPSA) is 78.4 Å². The lowest BCUT2D eigenvalue weighted by Crippen LogP contribution is -2.43. The van der Waals surface area contributed by atoms with Crippen LogP contribution in [0.15, 0.2) is 28.7 Å². The van der Waals surface area contributed by atoms with E-state index in [0.29, 0.717) is 17.9 Å². The molecule has 7 heteroatoms. The molecule has 1 aromatic rings. The molecule has 0 bridgehead atoms. The highest BCUT2D eigenvalue weighted by atomic mass is 79.9. The second kappa shape index (κ2) is 8.06. The molecular weight excluding hydrogens is 332 g/mol. The molecule has 0 aliphatic rings. The van der Waals surface area contributed by atoms with Crippen LogP contribution in [0.3, 0.4) is 0 Å². The molecule has 0 aliphatic carbocycles. The van der Waals surface area contributed by atoms with Crippen molar-refractivity contribution in [3.8, 4) is 0 Å². The fraction of sp³-hybridized carbons (Fsp3) is 0.333. The van der Waals surface area contributed by atoms with E-state index in [1.165, 1.54) is 11.8 Å². The van der Waals surface area contributed by atoms with Gasteiger partial charge in [0.05, 0.1) is 0 Å². The van der Waals surface area contributed by atoms with Crippen molar-refractivity contribution >= 4 is 45.4 Å². The SMILES string of the molecule is CSCCC(NC(=O)Nc1ccc(Br)cc1)C(=O)O. The van der Waals surface area contributed by atoms with Gasteiger partial charge in [-0.2, -0.15) is 11.8 Å². The number of hydrogen-bond donors (Lipinski definition) is 3. The molecule has 2 amide bonds. The summed E-state index contributed by atoms with van der Waals surface area (Å²) in [5.74, 6) is -0.352. The maximum absolute atomic E-state index is 11.7. The maximum Gasteiger partial charge on any atom is 0.326 e. The minimum Gasteiger partial charge on any atom is -0.480 e. The van der Waals surface area contributed by atoms with Gasteiger partial charge in [0.25, 0.3) is 0 Å². The number of carboxylic acids is 1. The number of hydrogen-bond acceptors (Lipinski definition) is 3. The summed E-state index contributed by atoms with van der Waals surface area (Å²) in [6, 6.07) is 5.64. The molecule has 5 nitrogen and oxygen atoms in total. The summed E-state index contributed by atoms with van der Waals surface area (Å²) in [5, 5.41) is 14.0. The third kappa shape index (κ3) is 5.98. The number of carbonyl (C=O) groups excluding carboxylic acids is 1. The summed E-state index contributed by atoms with van der Waals surface area (Å²) < 4.78 is 0.904. The molecule has 3 N–H and O–H groups in total. The second-order valence-electron chi connectivity index (χ2n) is 3.78. The number of amides is 2. The second-order valence-corrected chi connectivity index (χ2v) is 5.68. The van der Waals surface area contributed by atoms with Crippen LogP contribution in [0, 0.1) is 0 Å². The lowest BCUT2D eigenvalue weighted by atomic mass is 10.2. The van der Waals surface area contributed by atoms with Crippen molar-refractivity contribution < 1.29 is 14.7 Å². The highest BCUT2D eigenvalue weighted by Gasteiger charge is 2.19. The zero-order valence-electron chi connectivity index (χ0n) is 10.4. The molecular formula is C12H15BrN2O3S. The smallest absolute Gasteiger partial charge is 0.326 e. The van der Waals surface area contributed by atoms with Crippen molar-refractivity contribution in [2.45, 2.75) is 12.5 Å². The molecule has 0 fully saturated rings. The van der Waals surface area contributed by atoms with Gasteiger partial charge in [0.2, 0.25) is 0 Å². The number of carboxylic acid groups (broad SMARTS) is 1. The molecule has 1 rings (SSSR count). The van der Waals surface area contributed by atoms with Crippen molar-refractivity contribution in [3.63, 3.8) is 0 Å². The van der Waals surface area contributed by atoms with E-state index in [-0.39, 0.29) is 0 Å². The van der Waals surface area contributed by atoms with Gasteiger partial charge in [0.15, 0.2) is 0 Å². The van der Waals surface area contributed by atoms with E-state index < -0.39 is 18.0 Å². The molecule has 0 spiro atoms. The first kappa shape index (κ1) is 15.8. The third-order valence-electron chi connectivity index (χ3n) is 2.32. The van der Waals surface area contributed by atoms with Gasteiger partial charge in [-0.15, -0.1) is 0 Å². The lowest BCUT2D eigenvalue weighted by Gasteiger charge is -2.14. The zero-order valence-corrected chi connectivity index (χ0v) is 12.8. The minimum absolute atomic E-state index is 0.393. The van der Waals surface area contributed by atoms with Crippen molar-refractivity contribution in [2.75, 3.05) is 17.3 Å². The van der Waals surface area contributed by atoms with E-state index in [9.17, 15) is 9.59 Å². The zero-order chi connectivity index (χ0) is 14.3. The van der Waals surface area contributed by atoms with E-state index in [0.717, 1.165) is 4.47 Å². The highest BCUT2D eigenvalue weighted by molar-refractivity contribution is 9.10. The molecule has 1 atom stereocenters. The van der Waals surface area contributed by atoms with E-state index in [1.807, 2.05) is 6.26 Å². The number of carbonyl (C=O) groups is 2. The Morgan fingerprint density at radius 2 is 2.00 bits per heavy atom. The van der Waals surface area contributed by atoms with E-state index >= 15 is 0 Å². The number of benzene rings is 1. The maximum atomic E-state index is 11.7. The summed E-state index contributed by atoms with van der Waals surface area (Å²) in [4.78, 5) is 22.7. The van der Waals surface area contributed by atoms with Crippen LogP contribution in [0.1, 0.15) is 6.42 Å². The summed E-state index contributed by atoms with van der Waals surface area (Å²) in [7, 11) is 0. The quantitative estimate of drug-likeness (QED) is 0.739. The third-order valence-corrected chi connectivity index (χ3v) is 3.49. The Morgan fingerprint density at radius 1 is 1.37 bits per heavy atom. The van der Waals surface area contributed by atoms with Gasteiger partial charge in [-0.05, 0) is 42.7 Å². The predicted molar refractivity (Wildman–Crippen MR) is 80.7 cm³/mol.